The van der Waals surface area contributed by atoms with Crippen molar-refractivity contribution in [3.8, 4) is 0 Å². The van der Waals surface area contributed by atoms with Crippen LogP contribution < -0.4 is 0 Å². The first-order valence-corrected chi connectivity index (χ1v) is 7.23. The Kier molecular flexibility index (Phi) is 6.36. The maximum absolute atomic E-state index is 11.8. The quantitative estimate of drug-likeness (QED) is 0.773. The molecule has 6 heteroatoms. The fourth-order valence-electron chi connectivity index (χ4n) is 1.92. The van der Waals surface area contributed by atoms with Crippen LogP contribution in [0.3, 0.4) is 0 Å². The van der Waals surface area contributed by atoms with Gasteiger partial charge in [0.1, 0.15) is 0 Å². The molecule has 0 aromatic heterocycles. The van der Waals surface area contributed by atoms with E-state index in [2.05, 4.69) is 0 Å². The molecule has 0 radical (unpaired) electrons. The lowest BCUT2D eigenvalue weighted by molar-refractivity contribution is -0.138. The van der Waals surface area contributed by atoms with Gasteiger partial charge < -0.3 is 10.0 Å². The molecule has 0 unspecified atom stereocenters. The van der Waals surface area contributed by atoms with E-state index in [4.69, 9.17) is 5.11 Å². The van der Waals surface area contributed by atoms with Crippen LogP contribution in [0, 0.1) is 0 Å². The zero-order valence-corrected chi connectivity index (χ0v) is 11.0. The van der Waals surface area contributed by atoms with Crippen LogP contribution in [-0.4, -0.2) is 71.5 Å². The topological polar surface area (TPSA) is 60.9 Å². The van der Waals surface area contributed by atoms with Crippen molar-refractivity contribution in [1.82, 2.24) is 9.80 Å². The fourth-order valence-corrected chi connectivity index (χ4v) is 2.30. The summed E-state index contributed by atoms with van der Waals surface area (Å²) in [6.45, 7) is 2.91. The van der Waals surface area contributed by atoms with Gasteiger partial charge in [0.15, 0.2) is 0 Å². The number of nitrogens with zero attached hydrogens (tertiary/aromatic N) is 2. The molecular weight excluding hydrogens is 240 g/mol. The van der Waals surface area contributed by atoms with Gasteiger partial charge in [-0.2, -0.15) is 11.8 Å². The van der Waals surface area contributed by atoms with E-state index in [1.807, 2.05) is 16.1 Å². The largest absolute Gasteiger partial charge is 0.480 e. The van der Waals surface area contributed by atoms with Crippen LogP contribution in [0.2, 0.25) is 0 Å². The third kappa shape index (κ3) is 5.41. The Bertz CT molecular complexity index is 273. The Morgan fingerprint density at radius 1 is 1.24 bits per heavy atom. The highest BCUT2D eigenvalue weighted by Crippen LogP contribution is 2.06. The van der Waals surface area contributed by atoms with Gasteiger partial charge in [-0.25, -0.2) is 0 Å². The van der Waals surface area contributed by atoms with Crippen LogP contribution >= 0.6 is 11.8 Å². The second-order valence-corrected chi connectivity index (χ2v) is 5.13. The van der Waals surface area contributed by atoms with E-state index >= 15 is 0 Å². The van der Waals surface area contributed by atoms with Crippen molar-refractivity contribution >= 4 is 23.6 Å². The van der Waals surface area contributed by atoms with Crippen molar-refractivity contribution in [3.63, 3.8) is 0 Å². The van der Waals surface area contributed by atoms with Gasteiger partial charge in [-0.15, -0.1) is 0 Å². The Morgan fingerprint density at radius 3 is 2.65 bits per heavy atom. The molecule has 1 fully saturated rings. The molecule has 1 saturated heterocycles. The number of aliphatic carboxylic acids is 1. The maximum atomic E-state index is 11.8. The average molecular weight is 260 g/mol. The summed E-state index contributed by atoms with van der Waals surface area (Å²) >= 11 is 1.67. The molecule has 17 heavy (non-hydrogen) atoms. The minimum absolute atomic E-state index is 0.0762. The number of thioether (sulfide) groups is 1. The van der Waals surface area contributed by atoms with Gasteiger partial charge in [0, 0.05) is 38.4 Å². The molecule has 0 aromatic rings. The Hall–Kier alpha value is -0.750. The highest BCUT2D eigenvalue weighted by Gasteiger charge is 2.19. The molecule has 0 saturated carbocycles. The summed E-state index contributed by atoms with van der Waals surface area (Å²) in [6, 6.07) is 0. The summed E-state index contributed by atoms with van der Waals surface area (Å²) < 4.78 is 0. The highest BCUT2D eigenvalue weighted by atomic mass is 32.2. The number of carboxylic acids is 1. The molecule has 0 spiro atoms. The normalized spacial score (nSPS) is 17.8. The van der Waals surface area contributed by atoms with E-state index in [-0.39, 0.29) is 12.5 Å². The highest BCUT2D eigenvalue weighted by molar-refractivity contribution is 7.98. The van der Waals surface area contributed by atoms with Crippen LogP contribution in [0.1, 0.15) is 12.8 Å². The minimum Gasteiger partial charge on any atom is -0.480 e. The second-order valence-electron chi connectivity index (χ2n) is 4.15. The van der Waals surface area contributed by atoms with Crippen molar-refractivity contribution in [1.29, 1.82) is 0 Å². The molecule has 1 aliphatic rings. The first kappa shape index (κ1) is 14.3. The number of amides is 1. The molecule has 98 valence electrons. The van der Waals surface area contributed by atoms with Crippen LogP contribution in [0.15, 0.2) is 0 Å². The van der Waals surface area contributed by atoms with E-state index in [0.717, 1.165) is 25.3 Å². The Morgan fingerprint density at radius 2 is 2.00 bits per heavy atom. The van der Waals surface area contributed by atoms with E-state index in [1.54, 1.807) is 11.8 Å². The molecule has 1 amide bonds. The first-order chi connectivity index (χ1) is 8.13. The van der Waals surface area contributed by atoms with E-state index < -0.39 is 5.97 Å². The molecule has 0 aromatic carbocycles. The summed E-state index contributed by atoms with van der Waals surface area (Å²) in [4.78, 5) is 26.2. The van der Waals surface area contributed by atoms with Crippen molar-refractivity contribution in [3.05, 3.63) is 0 Å². The number of carbonyl (C=O) groups is 2. The zero-order chi connectivity index (χ0) is 12.7. The Labute approximate surface area is 106 Å². The van der Waals surface area contributed by atoms with Gasteiger partial charge in [-0.3, -0.25) is 14.5 Å². The van der Waals surface area contributed by atoms with Gasteiger partial charge in [-0.05, 0) is 12.7 Å². The smallest absolute Gasteiger partial charge is 0.317 e. The van der Waals surface area contributed by atoms with Gasteiger partial charge in [0.25, 0.3) is 0 Å². The lowest BCUT2D eigenvalue weighted by Crippen LogP contribution is -2.36. The molecule has 1 rings (SSSR count). The van der Waals surface area contributed by atoms with Crippen LogP contribution in [0.4, 0.5) is 0 Å². The second kappa shape index (κ2) is 7.55. The number of carbonyl (C=O) groups excluding carboxylic acids is 1. The Balaban J connectivity index is 2.36. The van der Waals surface area contributed by atoms with Crippen LogP contribution in [0.5, 0.6) is 0 Å². The summed E-state index contributed by atoms with van der Waals surface area (Å²) in [5.74, 6) is 0.248. The summed E-state index contributed by atoms with van der Waals surface area (Å²) in [5, 5.41) is 8.72. The third-order valence-electron chi connectivity index (χ3n) is 2.82. The molecule has 0 atom stereocenters. The number of hydrogen-bond donors (Lipinski definition) is 1. The van der Waals surface area contributed by atoms with Crippen molar-refractivity contribution < 1.29 is 14.7 Å². The predicted molar refractivity (Wildman–Crippen MR) is 68.3 cm³/mol. The summed E-state index contributed by atoms with van der Waals surface area (Å²) in [7, 11) is 0. The molecule has 1 N–H and O–H groups in total. The predicted octanol–water partition coefficient (Wildman–Crippen LogP) is 0.358. The lowest BCUT2D eigenvalue weighted by Gasteiger charge is -2.21. The number of rotatable bonds is 5. The van der Waals surface area contributed by atoms with Crippen molar-refractivity contribution in [2.45, 2.75) is 12.8 Å². The number of hydrogen-bond acceptors (Lipinski definition) is 4. The molecule has 1 aliphatic heterocycles. The SMILES string of the molecule is CSCCC(=O)N1CCCN(CC(=O)O)CC1. The summed E-state index contributed by atoms with van der Waals surface area (Å²) in [6.07, 6.45) is 3.43. The van der Waals surface area contributed by atoms with E-state index in [0.29, 0.717) is 19.5 Å². The van der Waals surface area contributed by atoms with Crippen LogP contribution in [0.25, 0.3) is 0 Å². The molecule has 1 heterocycles. The first-order valence-electron chi connectivity index (χ1n) is 5.84. The lowest BCUT2D eigenvalue weighted by atomic mass is 10.3. The standard InChI is InChI=1S/C11H20N2O3S/c1-17-8-3-10(14)13-5-2-4-12(6-7-13)9-11(15)16/h2-9H2,1H3,(H,15,16). The van der Waals surface area contributed by atoms with E-state index in [9.17, 15) is 9.59 Å². The fraction of sp³-hybridized carbons (Fsp3) is 0.818. The molecule has 5 nitrogen and oxygen atoms in total. The number of carboxylic acid groups (broad SMARTS) is 1. The molecule has 0 bridgehead atoms. The van der Waals surface area contributed by atoms with E-state index in [1.165, 1.54) is 0 Å². The van der Waals surface area contributed by atoms with Gasteiger partial charge in [0.05, 0.1) is 6.54 Å². The molecule has 0 aliphatic carbocycles. The third-order valence-corrected chi connectivity index (χ3v) is 3.43. The summed E-state index contributed by atoms with van der Waals surface area (Å²) in [5.41, 5.74) is 0. The maximum Gasteiger partial charge on any atom is 0.317 e. The van der Waals surface area contributed by atoms with Crippen molar-refractivity contribution in [2.75, 3.05) is 44.7 Å². The van der Waals surface area contributed by atoms with Gasteiger partial charge in [0.2, 0.25) is 5.91 Å². The van der Waals surface area contributed by atoms with Crippen molar-refractivity contribution in [2.24, 2.45) is 0 Å². The van der Waals surface area contributed by atoms with Gasteiger partial charge >= 0.3 is 5.97 Å². The molecular formula is C11H20N2O3S. The minimum atomic E-state index is -0.799. The average Bonchev–Trinajstić information content (AvgIpc) is 2.51. The monoisotopic (exact) mass is 260 g/mol. The zero-order valence-electron chi connectivity index (χ0n) is 10.2. The van der Waals surface area contributed by atoms with Gasteiger partial charge in [-0.1, -0.05) is 0 Å². The van der Waals surface area contributed by atoms with Crippen LogP contribution in [-0.2, 0) is 9.59 Å².